The van der Waals surface area contributed by atoms with Gasteiger partial charge < -0.3 is 5.73 Å². The first-order chi connectivity index (χ1) is 9.70. The molecule has 0 unspecified atom stereocenters. The van der Waals surface area contributed by atoms with Crippen LogP contribution in [0.5, 0.6) is 0 Å². The normalized spacial score (nSPS) is 11.4. The molecule has 0 atom stereocenters. The first-order valence-electron chi connectivity index (χ1n) is 6.05. The molecular weight excluding hydrogens is 331 g/mol. The van der Waals surface area contributed by atoms with Crippen molar-refractivity contribution in [3.63, 3.8) is 0 Å². The van der Waals surface area contributed by atoms with E-state index in [9.17, 15) is 8.42 Å². The van der Waals surface area contributed by atoms with Crippen molar-refractivity contribution in [2.75, 3.05) is 10.5 Å². The number of halogens is 2. The van der Waals surface area contributed by atoms with Crippen LogP contribution in [0.1, 0.15) is 11.1 Å². The van der Waals surface area contributed by atoms with Crippen molar-refractivity contribution in [3.8, 4) is 0 Å². The molecule has 0 saturated carbocycles. The molecule has 21 heavy (non-hydrogen) atoms. The van der Waals surface area contributed by atoms with Gasteiger partial charge in [0.1, 0.15) is 0 Å². The highest BCUT2D eigenvalue weighted by Gasteiger charge is 2.20. The van der Waals surface area contributed by atoms with E-state index in [1.54, 1.807) is 32.0 Å². The van der Waals surface area contributed by atoms with E-state index in [0.717, 1.165) is 5.56 Å². The maximum Gasteiger partial charge on any atom is 0.262 e. The molecule has 0 bridgehead atoms. The zero-order valence-corrected chi connectivity index (χ0v) is 13.8. The molecule has 0 radical (unpaired) electrons. The summed E-state index contributed by atoms with van der Waals surface area (Å²) >= 11 is 11.8. The highest BCUT2D eigenvalue weighted by Crippen LogP contribution is 2.29. The Morgan fingerprint density at radius 1 is 1.05 bits per heavy atom. The third kappa shape index (κ3) is 3.43. The van der Waals surface area contributed by atoms with E-state index in [2.05, 4.69) is 4.72 Å². The monoisotopic (exact) mass is 344 g/mol. The molecule has 2 rings (SSSR count). The third-order valence-electron chi connectivity index (χ3n) is 3.10. The molecule has 0 spiro atoms. The van der Waals surface area contributed by atoms with Crippen LogP contribution in [-0.4, -0.2) is 8.42 Å². The van der Waals surface area contributed by atoms with Crippen molar-refractivity contribution in [2.45, 2.75) is 18.7 Å². The van der Waals surface area contributed by atoms with E-state index in [1.165, 1.54) is 12.1 Å². The van der Waals surface area contributed by atoms with Crippen LogP contribution in [0, 0.1) is 13.8 Å². The predicted molar refractivity (Wildman–Crippen MR) is 87.6 cm³/mol. The Balaban J connectivity index is 2.51. The van der Waals surface area contributed by atoms with Crippen molar-refractivity contribution in [1.29, 1.82) is 0 Å². The summed E-state index contributed by atoms with van der Waals surface area (Å²) in [6, 6.07) is 7.87. The highest BCUT2D eigenvalue weighted by molar-refractivity contribution is 7.92. The molecule has 2 aromatic rings. The van der Waals surface area contributed by atoms with E-state index in [4.69, 9.17) is 28.9 Å². The maximum absolute atomic E-state index is 12.5. The number of nitrogen functional groups attached to an aromatic ring is 1. The lowest BCUT2D eigenvalue weighted by molar-refractivity contribution is 0.600. The number of aryl methyl sites for hydroxylation is 1. The number of nitrogens with two attached hydrogens (primary N) is 1. The molecular formula is C14H14Cl2N2O2S. The Bertz CT molecular complexity index is 805. The highest BCUT2D eigenvalue weighted by atomic mass is 35.5. The first-order valence-corrected chi connectivity index (χ1v) is 8.29. The van der Waals surface area contributed by atoms with Crippen molar-refractivity contribution in [3.05, 3.63) is 51.5 Å². The molecule has 112 valence electrons. The summed E-state index contributed by atoms with van der Waals surface area (Å²) in [5.74, 6) is 0. The Morgan fingerprint density at radius 3 is 2.38 bits per heavy atom. The van der Waals surface area contributed by atoms with Crippen LogP contribution in [0.15, 0.2) is 35.2 Å². The summed E-state index contributed by atoms with van der Waals surface area (Å²) in [6.07, 6.45) is 0. The SMILES string of the molecule is Cc1ccc(Cl)cc1NS(=O)(=O)c1cc(Cl)cc(N)c1C. The van der Waals surface area contributed by atoms with Crippen LogP contribution in [-0.2, 0) is 10.0 Å². The molecule has 0 amide bonds. The van der Waals surface area contributed by atoms with E-state index in [1.807, 2.05) is 0 Å². The van der Waals surface area contributed by atoms with Crippen molar-refractivity contribution in [2.24, 2.45) is 0 Å². The van der Waals surface area contributed by atoms with Crippen LogP contribution in [0.25, 0.3) is 0 Å². The number of sulfonamides is 1. The molecule has 4 nitrogen and oxygen atoms in total. The molecule has 2 aromatic carbocycles. The fourth-order valence-corrected chi connectivity index (χ4v) is 3.74. The number of hydrogen-bond acceptors (Lipinski definition) is 3. The Kier molecular flexibility index (Phi) is 4.37. The molecule has 7 heteroatoms. The van der Waals surface area contributed by atoms with Gasteiger partial charge in [-0.25, -0.2) is 8.42 Å². The minimum absolute atomic E-state index is 0.0480. The summed E-state index contributed by atoms with van der Waals surface area (Å²) in [5.41, 5.74) is 7.72. The summed E-state index contributed by atoms with van der Waals surface area (Å²) in [7, 11) is -3.80. The minimum Gasteiger partial charge on any atom is -0.398 e. The lowest BCUT2D eigenvalue weighted by Gasteiger charge is -2.14. The molecule has 0 aromatic heterocycles. The van der Waals surface area contributed by atoms with Gasteiger partial charge >= 0.3 is 0 Å². The standard InChI is InChI=1S/C14H14Cl2N2O2S/c1-8-3-4-10(15)6-13(8)18-21(19,20)14-7-11(16)5-12(17)9(14)2/h3-7,18H,17H2,1-2H3. The smallest absolute Gasteiger partial charge is 0.262 e. The second kappa shape index (κ2) is 5.75. The fraction of sp³-hybridized carbons (Fsp3) is 0.143. The molecule has 3 N–H and O–H groups in total. The van der Waals surface area contributed by atoms with E-state index in [0.29, 0.717) is 22.0 Å². The van der Waals surface area contributed by atoms with Gasteiger partial charge in [0.2, 0.25) is 0 Å². The van der Waals surface area contributed by atoms with Gasteiger partial charge in [-0.1, -0.05) is 29.3 Å². The summed E-state index contributed by atoms with van der Waals surface area (Å²) < 4.78 is 27.6. The van der Waals surface area contributed by atoms with E-state index < -0.39 is 10.0 Å². The van der Waals surface area contributed by atoms with Gasteiger partial charge in [-0.3, -0.25) is 4.72 Å². The first kappa shape index (κ1) is 15.9. The van der Waals surface area contributed by atoms with Crippen LogP contribution in [0.2, 0.25) is 10.0 Å². The molecule has 0 heterocycles. The average Bonchev–Trinajstić information content (AvgIpc) is 2.37. The summed E-state index contributed by atoms with van der Waals surface area (Å²) in [5, 5.41) is 0.710. The topological polar surface area (TPSA) is 72.2 Å². The van der Waals surface area contributed by atoms with Gasteiger partial charge in [0, 0.05) is 15.7 Å². The van der Waals surface area contributed by atoms with Crippen molar-refractivity contribution >= 4 is 44.6 Å². The van der Waals surface area contributed by atoms with Crippen LogP contribution in [0.3, 0.4) is 0 Å². The van der Waals surface area contributed by atoms with Crippen LogP contribution < -0.4 is 10.5 Å². The number of hydrogen-bond donors (Lipinski definition) is 2. The number of nitrogens with one attached hydrogen (secondary N) is 1. The second-order valence-electron chi connectivity index (χ2n) is 4.68. The van der Waals surface area contributed by atoms with Crippen molar-refractivity contribution < 1.29 is 8.42 Å². The van der Waals surface area contributed by atoms with Crippen LogP contribution in [0.4, 0.5) is 11.4 Å². The van der Waals surface area contributed by atoms with Gasteiger partial charge in [-0.05, 0) is 49.2 Å². The zero-order chi connectivity index (χ0) is 15.8. The summed E-state index contributed by atoms with van der Waals surface area (Å²) in [6.45, 7) is 3.42. The second-order valence-corrected chi connectivity index (χ2v) is 7.21. The average molecular weight is 345 g/mol. The Hall–Kier alpha value is -1.43. The fourth-order valence-electron chi connectivity index (χ4n) is 1.86. The Labute approximate surface area is 133 Å². The van der Waals surface area contributed by atoms with Gasteiger partial charge in [0.05, 0.1) is 10.6 Å². The minimum atomic E-state index is -3.80. The number of anilines is 2. The van der Waals surface area contributed by atoms with E-state index in [-0.39, 0.29) is 9.92 Å². The lowest BCUT2D eigenvalue weighted by Crippen LogP contribution is -2.15. The lowest BCUT2D eigenvalue weighted by atomic mass is 10.2. The van der Waals surface area contributed by atoms with Gasteiger partial charge in [-0.2, -0.15) is 0 Å². The molecule has 0 fully saturated rings. The molecule has 0 aliphatic heterocycles. The molecule has 0 aliphatic carbocycles. The molecule has 0 saturated heterocycles. The van der Waals surface area contributed by atoms with Gasteiger partial charge in [-0.15, -0.1) is 0 Å². The summed E-state index contributed by atoms with van der Waals surface area (Å²) in [4.78, 5) is 0.0480. The Morgan fingerprint density at radius 2 is 1.71 bits per heavy atom. The quantitative estimate of drug-likeness (QED) is 0.826. The van der Waals surface area contributed by atoms with E-state index >= 15 is 0 Å². The van der Waals surface area contributed by atoms with Gasteiger partial charge in [0.25, 0.3) is 10.0 Å². The zero-order valence-electron chi connectivity index (χ0n) is 11.4. The van der Waals surface area contributed by atoms with Gasteiger partial charge in [0.15, 0.2) is 0 Å². The number of benzene rings is 2. The largest absolute Gasteiger partial charge is 0.398 e. The predicted octanol–water partition coefficient (Wildman–Crippen LogP) is 3.99. The molecule has 0 aliphatic rings. The third-order valence-corrected chi connectivity index (χ3v) is 5.04. The number of rotatable bonds is 3. The van der Waals surface area contributed by atoms with Crippen molar-refractivity contribution in [1.82, 2.24) is 0 Å². The maximum atomic E-state index is 12.5. The van der Waals surface area contributed by atoms with Crippen LogP contribution >= 0.6 is 23.2 Å².